The molecule has 1 atom stereocenters. The number of aromatic nitrogens is 1. The summed E-state index contributed by atoms with van der Waals surface area (Å²) in [5, 5.41) is 10.8. The summed E-state index contributed by atoms with van der Waals surface area (Å²) in [6, 6.07) is 16.4. The van der Waals surface area contributed by atoms with Crippen LogP contribution in [0.1, 0.15) is 43.0 Å². The summed E-state index contributed by atoms with van der Waals surface area (Å²) < 4.78 is 28.1. The molecule has 4 rings (SSSR count). The highest BCUT2D eigenvalue weighted by Crippen LogP contribution is 2.41. The minimum absolute atomic E-state index is 0.0985. The zero-order chi connectivity index (χ0) is 24.5. The first-order valence-corrected chi connectivity index (χ1v) is 11.3. The van der Waals surface area contributed by atoms with E-state index in [1.54, 1.807) is 25.1 Å². The van der Waals surface area contributed by atoms with Crippen molar-refractivity contribution in [2.24, 2.45) is 0 Å². The Kier molecular flexibility index (Phi) is 6.37. The predicted molar refractivity (Wildman–Crippen MR) is 126 cm³/mol. The Morgan fingerprint density at radius 1 is 1.12 bits per heavy atom. The predicted octanol–water partition coefficient (Wildman–Crippen LogP) is 6.06. The molecule has 174 valence electrons. The second-order valence-corrected chi connectivity index (χ2v) is 8.97. The van der Waals surface area contributed by atoms with Crippen LogP contribution in [0.4, 0.5) is 8.78 Å². The van der Waals surface area contributed by atoms with Crippen molar-refractivity contribution >= 4 is 34.2 Å². The first-order valence-electron chi connectivity index (χ1n) is 11.0. The Morgan fingerprint density at radius 3 is 2.50 bits per heavy atom. The van der Waals surface area contributed by atoms with Crippen molar-refractivity contribution in [2.75, 3.05) is 6.54 Å². The lowest BCUT2D eigenvalue weighted by Crippen LogP contribution is -2.46. The molecular weight excluding hydrogens is 460 g/mol. The van der Waals surface area contributed by atoms with E-state index >= 15 is 0 Å². The molecule has 0 N–H and O–H groups in total. The minimum atomic E-state index is -3.12. The molecule has 0 aliphatic carbocycles. The first-order chi connectivity index (χ1) is 16.2. The molecule has 3 aromatic rings. The van der Waals surface area contributed by atoms with Gasteiger partial charge in [0.15, 0.2) is 5.78 Å². The molecule has 0 unspecified atom stereocenters. The fourth-order valence-corrected chi connectivity index (χ4v) is 4.61. The summed E-state index contributed by atoms with van der Waals surface area (Å²) in [5.74, 6) is -4.03. The number of alkyl halides is 2. The van der Waals surface area contributed by atoms with Crippen LogP contribution in [0.15, 0.2) is 54.7 Å². The smallest absolute Gasteiger partial charge is 0.268 e. The summed E-state index contributed by atoms with van der Waals surface area (Å²) in [6.07, 6.45) is 0.532. The maximum atomic E-state index is 14.0. The van der Waals surface area contributed by atoms with Gasteiger partial charge in [-0.15, -0.1) is 0 Å². The van der Waals surface area contributed by atoms with Crippen molar-refractivity contribution in [3.63, 3.8) is 0 Å². The number of hydrogen-bond acceptors (Lipinski definition) is 4. The number of carbonyl (C=O) groups excluding carboxylic acids is 2. The third-order valence-electron chi connectivity index (χ3n) is 6.34. The number of ketones is 1. The Labute approximate surface area is 201 Å². The van der Waals surface area contributed by atoms with Crippen molar-refractivity contribution in [1.82, 2.24) is 9.88 Å². The SMILES string of the molecule is CC[C@@]1(C#N)CC(F)(F)CN1C(=O)CCC(=O)c1ccnc2ccc(-c3ccc(Cl)cc3)cc12. The summed E-state index contributed by atoms with van der Waals surface area (Å²) in [6.45, 7) is 0.807. The fraction of sp³-hybridized carbons (Fsp3) is 0.308. The monoisotopic (exact) mass is 481 g/mol. The first kappa shape index (κ1) is 23.8. The van der Waals surface area contributed by atoms with Crippen molar-refractivity contribution < 1.29 is 18.4 Å². The summed E-state index contributed by atoms with van der Waals surface area (Å²) >= 11 is 5.98. The standard InChI is InChI=1S/C26H22ClF2N3O2/c1-2-25(15-30)14-26(28,29)16-32(25)24(34)10-9-23(33)20-11-12-31-22-8-5-18(13-21(20)22)17-3-6-19(27)7-4-17/h3-8,11-13H,2,9-10,14,16H2,1H3/t25-/m0/s1. The van der Waals surface area contributed by atoms with Crippen LogP contribution in [0.5, 0.6) is 0 Å². The zero-order valence-corrected chi connectivity index (χ0v) is 19.3. The number of hydrogen-bond donors (Lipinski definition) is 0. The highest BCUT2D eigenvalue weighted by Gasteiger charge is 2.56. The number of halogens is 3. The third-order valence-corrected chi connectivity index (χ3v) is 6.59. The number of pyridine rings is 1. The van der Waals surface area contributed by atoms with E-state index in [1.807, 2.05) is 36.4 Å². The van der Waals surface area contributed by atoms with Crippen LogP contribution >= 0.6 is 11.6 Å². The van der Waals surface area contributed by atoms with Gasteiger partial charge in [-0.3, -0.25) is 14.6 Å². The van der Waals surface area contributed by atoms with Gasteiger partial charge in [-0.2, -0.15) is 5.26 Å². The van der Waals surface area contributed by atoms with Gasteiger partial charge in [-0.05, 0) is 47.9 Å². The van der Waals surface area contributed by atoms with Gasteiger partial charge < -0.3 is 4.90 Å². The molecule has 0 radical (unpaired) electrons. The van der Waals surface area contributed by atoms with E-state index in [0.29, 0.717) is 21.5 Å². The number of benzene rings is 2. The zero-order valence-electron chi connectivity index (χ0n) is 18.5. The number of amides is 1. The van der Waals surface area contributed by atoms with Crippen LogP contribution < -0.4 is 0 Å². The van der Waals surface area contributed by atoms with Crippen LogP contribution in [0.3, 0.4) is 0 Å². The van der Waals surface area contributed by atoms with Gasteiger partial charge in [-0.25, -0.2) is 8.78 Å². The average molecular weight is 482 g/mol. The summed E-state index contributed by atoms with van der Waals surface area (Å²) in [4.78, 5) is 31.1. The van der Waals surface area contributed by atoms with Crippen molar-refractivity contribution in [1.29, 1.82) is 5.26 Å². The number of rotatable bonds is 6. The topological polar surface area (TPSA) is 74.1 Å². The molecule has 1 aromatic heterocycles. The van der Waals surface area contributed by atoms with Crippen molar-refractivity contribution in [2.45, 2.75) is 44.1 Å². The van der Waals surface area contributed by atoms with Crippen LogP contribution in [-0.4, -0.2) is 39.6 Å². The molecule has 1 amide bonds. The Bertz CT molecular complexity index is 1300. The van der Waals surface area contributed by atoms with Crippen LogP contribution in [0.25, 0.3) is 22.0 Å². The minimum Gasteiger partial charge on any atom is -0.318 e. The van der Waals surface area contributed by atoms with E-state index in [-0.39, 0.29) is 25.0 Å². The molecule has 8 heteroatoms. The highest BCUT2D eigenvalue weighted by molar-refractivity contribution is 6.30. The molecule has 34 heavy (non-hydrogen) atoms. The number of likely N-dealkylation sites (tertiary alicyclic amines) is 1. The van der Waals surface area contributed by atoms with E-state index in [0.717, 1.165) is 16.0 Å². The van der Waals surface area contributed by atoms with E-state index < -0.39 is 30.3 Å². The van der Waals surface area contributed by atoms with E-state index in [4.69, 9.17) is 11.6 Å². The Balaban J connectivity index is 1.56. The lowest BCUT2D eigenvalue weighted by atomic mass is 9.93. The molecule has 1 aliphatic heterocycles. The van der Waals surface area contributed by atoms with Crippen LogP contribution in [-0.2, 0) is 4.79 Å². The Hall–Kier alpha value is -3.37. The third kappa shape index (κ3) is 4.51. The normalized spacial score (nSPS) is 19.2. The second-order valence-electron chi connectivity index (χ2n) is 8.53. The van der Waals surface area contributed by atoms with Gasteiger partial charge in [0, 0.05) is 41.4 Å². The van der Waals surface area contributed by atoms with E-state index in [9.17, 15) is 23.6 Å². The van der Waals surface area contributed by atoms with Gasteiger partial charge in [0.25, 0.3) is 5.92 Å². The lowest BCUT2D eigenvalue weighted by molar-refractivity contribution is -0.134. The highest BCUT2D eigenvalue weighted by atomic mass is 35.5. The number of nitriles is 1. The molecule has 1 fully saturated rings. The maximum absolute atomic E-state index is 14.0. The lowest BCUT2D eigenvalue weighted by Gasteiger charge is -2.30. The number of nitrogens with zero attached hydrogens (tertiary/aromatic N) is 3. The van der Waals surface area contributed by atoms with E-state index in [1.165, 1.54) is 6.20 Å². The van der Waals surface area contributed by atoms with Gasteiger partial charge in [0.05, 0.1) is 18.1 Å². The van der Waals surface area contributed by atoms with Crippen molar-refractivity contribution in [3.8, 4) is 17.2 Å². The molecule has 1 aliphatic rings. The molecule has 0 spiro atoms. The largest absolute Gasteiger partial charge is 0.318 e. The molecule has 2 heterocycles. The average Bonchev–Trinajstić information content (AvgIpc) is 3.13. The molecule has 2 aromatic carbocycles. The molecule has 1 saturated heterocycles. The number of fused-ring (bicyclic) bond motifs is 1. The molecular formula is C26H22ClF2N3O2. The van der Waals surface area contributed by atoms with E-state index in [2.05, 4.69) is 4.98 Å². The van der Waals surface area contributed by atoms with Gasteiger partial charge >= 0.3 is 0 Å². The van der Waals surface area contributed by atoms with Gasteiger partial charge in [0.1, 0.15) is 5.54 Å². The Morgan fingerprint density at radius 2 is 1.82 bits per heavy atom. The maximum Gasteiger partial charge on any atom is 0.268 e. The number of carbonyl (C=O) groups is 2. The van der Waals surface area contributed by atoms with Crippen LogP contribution in [0.2, 0.25) is 5.02 Å². The van der Waals surface area contributed by atoms with Gasteiger partial charge in [0.2, 0.25) is 5.91 Å². The molecule has 5 nitrogen and oxygen atoms in total. The second kappa shape index (κ2) is 9.11. The molecule has 0 saturated carbocycles. The van der Waals surface area contributed by atoms with Crippen molar-refractivity contribution in [3.05, 3.63) is 65.3 Å². The van der Waals surface area contributed by atoms with Gasteiger partial charge in [-0.1, -0.05) is 36.7 Å². The summed E-state index contributed by atoms with van der Waals surface area (Å²) in [5.41, 5.74) is 1.29. The molecule has 0 bridgehead atoms. The summed E-state index contributed by atoms with van der Waals surface area (Å²) in [7, 11) is 0. The quantitative estimate of drug-likeness (QED) is 0.401. The fourth-order valence-electron chi connectivity index (χ4n) is 4.48. The van der Waals surface area contributed by atoms with Crippen LogP contribution in [0, 0.1) is 11.3 Å². The number of Topliss-reactive ketones (excluding diaryl/α,β-unsaturated/α-hetero) is 1.